The van der Waals surface area contributed by atoms with E-state index in [-0.39, 0.29) is 23.7 Å². The first kappa shape index (κ1) is 24.4. The van der Waals surface area contributed by atoms with E-state index in [1.807, 2.05) is 13.8 Å². The normalized spacial score (nSPS) is 16.6. The lowest BCUT2D eigenvalue weighted by Gasteiger charge is -2.35. The van der Waals surface area contributed by atoms with E-state index in [0.717, 1.165) is 0 Å². The smallest absolute Gasteiger partial charge is 0.270 e. The van der Waals surface area contributed by atoms with Crippen LogP contribution in [0.2, 0.25) is 0 Å². The summed E-state index contributed by atoms with van der Waals surface area (Å²) in [6.07, 6.45) is 4.44. The van der Waals surface area contributed by atoms with E-state index in [0.29, 0.717) is 66.3 Å². The molecule has 0 bridgehead atoms. The van der Waals surface area contributed by atoms with Crippen molar-refractivity contribution in [3.8, 4) is 28.7 Å². The number of nitrogens with zero attached hydrogens (tertiary/aromatic N) is 5. The van der Waals surface area contributed by atoms with Crippen LogP contribution in [-0.2, 0) is 0 Å². The largest absolute Gasteiger partial charge is 0.492 e. The summed E-state index contributed by atoms with van der Waals surface area (Å²) in [5.74, 6) is 1.68. The van der Waals surface area contributed by atoms with Gasteiger partial charge in [0.05, 0.1) is 31.3 Å². The molecule has 0 atom stereocenters. The van der Waals surface area contributed by atoms with Gasteiger partial charge in [0.15, 0.2) is 5.82 Å². The molecule has 0 radical (unpaired) electrons. The molecular formula is C27H27FN6O3. The standard InChI is InChI=1S/C27H27FN6O3/c1-3-36-19-9-11-22(29-15-19)26-33-32-25(34(26)24-8-6-5-7-21(24)28)17-13-18(14-17)31-27(35)23-12-10-20(16-30-23)37-4-2/h5-12,15-18H,3-4,13-14H2,1-2H3,(H,31,35). The molecule has 37 heavy (non-hydrogen) atoms. The molecule has 0 saturated heterocycles. The second-order valence-corrected chi connectivity index (χ2v) is 8.63. The fraction of sp³-hybridized carbons (Fsp3) is 0.296. The Morgan fingerprint density at radius 3 is 2.30 bits per heavy atom. The zero-order chi connectivity index (χ0) is 25.8. The average Bonchev–Trinajstić information content (AvgIpc) is 3.31. The molecular weight excluding hydrogens is 475 g/mol. The summed E-state index contributed by atoms with van der Waals surface area (Å²) in [7, 11) is 0. The van der Waals surface area contributed by atoms with Gasteiger partial charge in [-0.15, -0.1) is 10.2 Å². The molecule has 1 saturated carbocycles. The van der Waals surface area contributed by atoms with E-state index < -0.39 is 0 Å². The molecule has 1 fully saturated rings. The van der Waals surface area contributed by atoms with E-state index in [1.54, 1.807) is 53.2 Å². The van der Waals surface area contributed by atoms with Crippen molar-refractivity contribution in [2.75, 3.05) is 13.2 Å². The minimum Gasteiger partial charge on any atom is -0.492 e. The van der Waals surface area contributed by atoms with Gasteiger partial charge >= 0.3 is 0 Å². The number of pyridine rings is 2. The number of hydrogen-bond donors (Lipinski definition) is 1. The zero-order valence-electron chi connectivity index (χ0n) is 20.6. The molecule has 3 heterocycles. The molecule has 0 unspecified atom stereocenters. The number of para-hydroxylation sites is 1. The second kappa shape index (κ2) is 10.7. The van der Waals surface area contributed by atoms with Crippen LogP contribution in [0.3, 0.4) is 0 Å². The van der Waals surface area contributed by atoms with Gasteiger partial charge in [-0.2, -0.15) is 0 Å². The van der Waals surface area contributed by atoms with E-state index in [2.05, 4.69) is 25.5 Å². The summed E-state index contributed by atoms with van der Waals surface area (Å²) in [5, 5.41) is 11.8. The highest BCUT2D eigenvalue weighted by Gasteiger charge is 2.36. The summed E-state index contributed by atoms with van der Waals surface area (Å²) in [5.41, 5.74) is 1.22. The monoisotopic (exact) mass is 502 g/mol. The molecule has 1 N–H and O–H groups in total. The van der Waals surface area contributed by atoms with Crippen molar-refractivity contribution in [2.45, 2.75) is 38.6 Å². The maximum absolute atomic E-state index is 14.9. The van der Waals surface area contributed by atoms with Gasteiger partial charge in [-0.1, -0.05) is 12.1 Å². The van der Waals surface area contributed by atoms with Gasteiger partial charge in [0.2, 0.25) is 0 Å². The Kier molecular flexibility index (Phi) is 7.07. The Bertz CT molecular complexity index is 1370. The minimum absolute atomic E-state index is 0.0119. The molecule has 0 aliphatic heterocycles. The van der Waals surface area contributed by atoms with E-state index >= 15 is 0 Å². The maximum atomic E-state index is 14.9. The third-order valence-corrected chi connectivity index (χ3v) is 6.18. The van der Waals surface area contributed by atoms with Gasteiger partial charge in [-0.3, -0.25) is 9.36 Å². The number of hydrogen-bond acceptors (Lipinski definition) is 7. The van der Waals surface area contributed by atoms with Crippen molar-refractivity contribution < 1.29 is 18.7 Å². The highest BCUT2D eigenvalue weighted by atomic mass is 19.1. The lowest BCUT2D eigenvalue weighted by molar-refractivity contribution is 0.0902. The Morgan fingerprint density at radius 1 is 0.973 bits per heavy atom. The van der Waals surface area contributed by atoms with Gasteiger partial charge < -0.3 is 14.8 Å². The third kappa shape index (κ3) is 5.13. The Hall–Kier alpha value is -4.34. The van der Waals surface area contributed by atoms with Crippen molar-refractivity contribution in [2.24, 2.45) is 0 Å². The number of carbonyl (C=O) groups excluding carboxylic acids is 1. The van der Waals surface area contributed by atoms with E-state index in [9.17, 15) is 9.18 Å². The lowest BCUT2D eigenvalue weighted by Crippen LogP contribution is -2.44. The van der Waals surface area contributed by atoms with Crippen LogP contribution >= 0.6 is 0 Å². The predicted octanol–water partition coefficient (Wildman–Crippen LogP) is 4.34. The first-order valence-corrected chi connectivity index (χ1v) is 12.3. The van der Waals surface area contributed by atoms with Crippen LogP contribution in [-0.4, -0.2) is 49.9 Å². The fourth-order valence-corrected chi connectivity index (χ4v) is 4.33. The number of halogens is 1. The van der Waals surface area contributed by atoms with Crippen LogP contribution in [0, 0.1) is 5.82 Å². The van der Waals surface area contributed by atoms with Gasteiger partial charge in [0, 0.05) is 12.0 Å². The number of aromatic nitrogens is 5. The molecule has 1 amide bonds. The summed E-state index contributed by atoms with van der Waals surface area (Å²) in [4.78, 5) is 21.3. The third-order valence-electron chi connectivity index (χ3n) is 6.18. The Balaban J connectivity index is 1.35. The zero-order valence-corrected chi connectivity index (χ0v) is 20.6. The molecule has 1 aliphatic carbocycles. The average molecular weight is 503 g/mol. The molecule has 10 heteroatoms. The quantitative estimate of drug-likeness (QED) is 0.363. The van der Waals surface area contributed by atoms with Crippen molar-refractivity contribution in [1.82, 2.24) is 30.0 Å². The van der Waals surface area contributed by atoms with Crippen LogP contribution in [0.1, 0.15) is 48.9 Å². The molecule has 3 aromatic heterocycles. The van der Waals surface area contributed by atoms with Crippen LogP contribution in [0.5, 0.6) is 11.5 Å². The molecule has 1 aromatic carbocycles. The topological polar surface area (TPSA) is 104 Å². The second-order valence-electron chi connectivity index (χ2n) is 8.63. The summed E-state index contributed by atoms with van der Waals surface area (Å²) >= 11 is 0. The molecule has 9 nitrogen and oxygen atoms in total. The molecule has 190 valence electrons. The van der Waals surface area contributed by atoms with Crippen LogP contribution < -0.4 is 14.8 Å². The number of ether oxygens (including phenoxy) is 2. The predicted molar refractivity (Wildman–Crippen MR) is 134 cm³/mol. The molecule has 4 aromatic rings. The molecule has 5 rings (SSSR count). The fourth-order valence-electron chi connectivity index (χ4n) is 4.33. The first-order chi connectivity index (χ1) is 18.1. The molecule has 1 aliphatic rings. The van der Waals surface area contributed by atoms with Gasteiger partial charge in [0.1, 0.15) is 34.5 Å². The van der Waals surface area contributed by atoms with E-state index in [1.165, 1.54) is 12.3 Å². The lowest BCUT2D eigenvalue weighted by atomic mass is 9.79. The number of nitrogens with one attached hydrogen (secondary N) is 1. The van der Waals surface area contributed by atoms with Crippen LogP contribution in [0.4, 0.5) is 4.39 Å². The Labute approximate surface area is 213 Å². The highest BCUT2D eigenvalue weighted by Crippen LogP contribution is 2.39. The SMILES string of the molecule is CCOc1ccc(C(=O)NC2CC(c3nnc(-c4ccc(OCC)cn4)n3-c3ccccc3F)C2)nc1. The van der Waals surface area contributed by atoms with Gasteiger partial charge in [0.25, 0.3) is 5.91 Å². The minimum atomic E-state index is -0.388. The number of carbonyl (C=O) groups is 1. The molecule has 0 spiro atoms. The van der Waals surface area contributed by atoms with Gasteiger partial charge in [-0.25, -0.2) is 14.4 Å². The van der Waals surface area contributed by atoms with E-state index in [4.69, 9.17) is 9.47 Å². The van der Waals surface area contributed by atoms with Gasteiger partial charge in [-0.05, 0) is 63.1 Å². The summed E-state index contributed by atoms with van der Waals surface area (Å²) < 4.78 is 27.5. The maximum Gasteiger partial charge on any atom is 0.270 e. The highest BCUT2D eigenvalue weighted by molar-refractivity contribution is 5.92. The summed E-state index contributed by atoms with van der Waals surface area (Å²) in [6.45, 7) is 4.85. The number of amides is 1. The van der Waals surface area contributed by atoms with Crippen molar-refractivity contribution in [1.29, 1.82) is 0 Å². The summed E-state index contributed by atoms with van der Waals surface area (Å²) in [6, 6.07) is 13.4. The number of benzene rings is 1. The number of rotatable bonds is 9. The van der Waals surface area contributed by atoms with Crippen LogP contribution in [0.15, 0.2) is 60.9 Å². The van der Waals surface area contributed by atoms with Crippen molar-refractivity contribution >= 4 is 5.91 Å². The first-order valence-electron chi connectivity index (χ1n) is 12.3. The van der Waals surface area contributed by atoms with Crippen molar-refractivity contribution in [3.05, 3.63) is 78.3 Å². The van der Waals surface area contributed by atoms with Crippen LogP contribution in [0.25, 0.3) is 17.2 Å². The Morgan fingerprint density at radius 2 is 1.68 bits per heavy atom. The van der Waals surface area contributed by atoms with Crippen molar-refractivity contribution in [3.63, 3.8) is 0 Å².